The summed E-state index contributed by atoms with van der Waals surface area (Å²) in [4.78, 5) is 19.4. The highest BCUT2D eigenvalue weighted by Crippen LogP contribution is 2.51. The van der Waals surface area contributed by atoms with Gasteiger partial charge in [0.05, 0.1) is 12.3 Å². The molecule has 1 saturated carbocycles. The van der Waals surface area contributed by atoms with Gasteiger partial charge in [0.1, 0.15) is 6.61 Å². The van der Waals surface area contributed by atoms with Gasteiger partial charge in [0.15, 0.2) is 0 Å². The fourth-order valence-electron chi connectivity index (χ4n) is 6.05. The summed E-state index contributed by atoms with van der Waals surface area (Å²) in [5, 5.41) is 0.0988. The zero-order valence-corrected chi connectivity index (χ0v) is 23.8. The highest BCUT2D eigenvalue weighted by atomic mass is 28.4. The van der Waals surface area contributed by atoms with Crippen LogP contribution in [0.25, 0.3) is 0 Å². The topological polar surface area (TPSA) is 51.1 Å². The van der Waals surface area contributed by atoms with E-state index in [9.17, 15) is 4.79 Å². The molecule has 2 heterocycles. The van der Waals surface area contributed by atoms with Gasteiger partial charge in [-0.3, -0.25) is 9.89 Å². The molecule has 0 bridgehead atoms. The first kappa shape index (κ1) is 26.2. The molecule has 0 N–H and O–H groups in total. The molecule has 5 nitrogen and oxygen atoms in total. The first-order valence-electron chi connectivity index (χ1n) is 13.8. The van der Waals surface area contributed by atoms with Gasteiger partial charge in [-0.05, 0) is 75.1 Å². The van der Waals surface area contributed by atoms with Crippen molar-refractivity contribution in [3.8, 4) is 0 Å². The number of amides is 1. The second-order valence-corrected chi connectivity index (χ2v) is 17.3. The summed E-state index contributed by atoms with van der Waals surface area (Å²) >= 11 is 0. The second kappa shape index (κ2) is 10.3. The van der Waals surface area contributed by atoms with Crippen LogP contribution in [0.5, 0.6) is 0 Å². The van der Waals surface area contributed by atoms with Crippen LogP contribution in [0.4, 0.5) is 4.79 Å². The van der Waals surface area contributed by atoms with Crippen molar-refractivity contribution in [1.29, 1.82) is 0 Å². The van der Waals surface area contributed by atoms with Crippen LogP contribution in [0.15, 0.2) is 41.3 Å². The van der Waals surface area contributed by atoms with Crippen LogP contribution in [-0.4, -0.2) is 44.2 Å². The maximum atomic E-state index is 12.6. The van der Waals surface area contributed by atoms with Gasteiger partial charge in [0.2, 0.25) is 8.32 Å². The Labute approximate surface area is 213 Å². The molecule has 35 heavy (non-hydrogen) atoms. The third-order valence-electron chi connectivity index (χ3n) is 9.05. The number of hydrogen-bond acceptors (Lipinski definition) is 4. The third kappa shape index (κ3) is 5.62. The number of allylic oxidation sites excluding steroid dienone is 4. The minimum atomic E-state index is -2.04. The number of nitrogens with zero attached hydrogens (tertiary/aromatic N) is 2. The van der Waals surface area contributed by atoms with Crippen LogP contribution in [0.2, 0.25) is 18.1 Å². The Morgan fingerprint density at radius 3 is 2.63 bits per heavy atom. The zero-order chi connectivity index (χ0) is 25.4. The lowest BCUT2D eigenvalue weighted by molar-refractivity contribution is 0.125. The summed E-state index contributed by atoms with van der Waals surface area (Å²) in [6, 6.07) is 0.414. The SMILES string of the molecule is C=C(O[Si](C)(C)C(C)(C)C)C1C=C(N2CCOC2=O)[C@@H]2CCCC[C@H]2[C@@H]1/C=C/C1=N[C@@H](C)CCC1. The number of cyclic esters (lactones) is 1. The van der Waals surface area contributed by atoms with Gasteiger partial charge in [-0.25, -0.2) is 4.79 Å². The first-order valence-corrected chi connectivity index (χ1v) is 16.7. The van der Waals surface area contributed by atoms with E-state index in [2.05, 4.69) is 65.6 Å². The second-order valence-electron chi connectivity index (χ2n) is 12.6. The monoisotopic (exact) mass is 498 g/mol. The predicted octanol–water partition coefficient (Wildman–Crippen LogP) is 7.48. The van der Waals surface area contributed by atoms with E-state index in [1.807, 2.05) is 4.90 Å². The van der Waals surface area contributed by atoms with Crippen molar-refractivity contribution in [3.05, 3.63) is 36.3 Å². The molecule has 6 heteroatoms. The number of hydrogen-bond donors (Lipinski definition) is 0. The highest BCUT2D eigenvalue weighted by molar-refractivity contribution is 6.74. The Hall–Kier alpha value is -1.82. The summed E-state index contributed by atoms with van der Waals surface area (Å²) in [6.45, 7) is 19.2. The molecular formula is C29H46N2O3Si. The molecule has 0 aromatic carbocycles. The Morgan fingerprint density at radius 2 is 1.97 bits per heavy atom. The van der Waals surface area contributed by atoms with E-state index in [1.165, 1.54) is 37.8 Å². The largest absolute Gasteiger partial charge is 0.546 e. The molecule has 0 radical (unpaired) electrons. The lowest BCUT2D eigenvalue weighted by atomic mass is 9.62. The lowest BCUT2D eigenvalue weighted by Crippen LogP contribution is -2.45. The molecule has 0 aromatic heterocycles. The highest BCUT2D eigenvalue weighted by Gasteiger charge is 2.47. The van der Waals surface area contributed by atoms with Crippen molar-refractivity contribution in [3.63, 3.8) is 0 Å². The van der Waals surface area contributed by atoms with Crippen molar-refractivity contribution in [1.82, 2.24) is 4.90 Å². The molecule has 5 atom stereocenters. The Balaban J connectivity index is 1.71. The molecule has 1 amide bonds. The van der Waals surface area contributed by atoms with Crippen LogP contribution >= 0.6 is 0 Å². The Morgan fingerprint density at radius 1 is 1.23 bits per heavy atom. The van der Waals surface area contributed by atoms with E-state index < -0.39 is 8.32 Å². The fourth-order valence-corrected chi connectivity index (χ4v) is 7.15. The summed E-state index contributed by atoms with van der Waals surface area (Å²) in [5.74, 6) is 2.07. The van der Waals surface area contributed by atoms with Crippen molar-refractivity contribution >= 4 is 20.1 Å². The molecule has 194 valence electrons. The van der Waals surface area contributed by atoms with E-state index >= 15 is 0 Å². The van der Waals surface area contributed by atoms with E-state index in [-0.39, 0.29) is 17.0 Å². The van der Waals surface area contributed by atoms with E-state index in [1.54, 1.807) is 0 Å². The van der Waals surface area contributed by atoms with Crippen LogP contribution in [0.3, 0.4) is 0 Å². The van der Waals surface area contributed by atoms with Crippen molar-refractivity contribution in [2.45, 2.75) is 96.8 Å². The van der Waals surface area contributed by atoms with Gasteiger partial charge in [0.25, 0.3) is 0 Å². The number of carbonyl (C=O) groups excluding carboxylic acids is 1. The summed E-state index contributed by atoms with van der Waals surface area (Å²) in [6.07, 6.45) is 15.0. The predicted molar refractivity (Wildman–Crippen MR) is 146 cm³/mol. The normalized spacial score (nSPS) is 32.1. The standard InChI is InChI=1S/C29H46N2O3Si/c1-20-11-10-12-22(30-20)15-16-24-23-13-8-9-14-25(23)27(31-17-18-33-28(31)32)19-26(24)21(2)34-35(6,7)29(3,4)5/h15-16,19-20,23-26H,2,8-14,17-18H2,1,3-7H3/b16-15+/t20-,23-,24-,25+,26?/m0/s1. The maximum absolute atomic E-state index is 12.6. The van der Waals surface area contributed by atoms with Gasteiger partial charge < -0.3 is 9.16 Å². The molecule has 0 aromatic rings. The molecule has 2 aliphatic carbocycles. The van der Waals surface area contributed by atoms with Gasteiger partial charge in [0, 0.05) is 29.3 Å². The van der Waals surface area contributed by atoms with E-state index in [0.717, 1.165) is 24.3 Å². The summed E-state index contributed by atoms with van der Waals surface area (Å²) in [5.41, 5.74) is 2.37. The average Bonchev–Trinajstić information content (AvgIpc) is 3.21. The fraction of sp³-hybridized carbons (Fsp3) is 0.724. The van der Waals surface area contributed by atoms with Crippen molar-refractivity contribution in [2.75, 3.05) is 13.2 Å². The average molecular weight is 499 g/mol. The molecule has 4 aliphatic rings. The number of rotatable bonds is 6. The molecule has 1 unspecified atom stereocenters. The first-order chi connectivity index (χ1) is 16.5. The molecule has 4 rings (SSSR count). The number of carbonyl (C=O) groups is 1. The van der Waals surface area contributed by atoms with Crippen LogP contribution in [0.1, 0.15) is 72.6 Å². The van der Waals surface area contributed by atoms with E-state index in [4.69, 9.17) is 14.2 Å². The van der Waals surface area contributed by atoms with E-state index in [0.29, 0.717) is 36.9 Å². The summed E-state index contributed by atoms with van der Waals surface area (Å²) in [7, 11) is -2.04. The maximum Gasteiger partial charge on any atom is 0.414 e. The Bertz CT molecular complexity index is 913. The number of ether oxygens (including phenoxy) is 1. The molecule has 0 spiro atoms. The summed E-state index contributed by atoms with van der Waals surface area (Å²) < 4.78 is 12.2. The van der Waals surface area contributed by atoms with Crippen LogP contribution in [0, 0.1) is 23.7 Å². The zero-order valence-electron chi connectivity index (χ0n) is 22.8. The quantitative estimate of drug-likeness (QED) is 0.282. The van der Waals surface area contributed by atoms with Gasteiger partial charge >= 0.3 is 6.09 Å². The number of aliphatic imine (C=N–C) groups is 1. The number of fused-ring (bicyclic) bond motifs is 1. The smallest absolute Gasteiger partial charge is 0.414 e. The molecule has 1 saturated heterocycles. The minimum Gasteiger partial charge on any atom is -0.546 e. The lowest BCUT2D eigenvalue weighted by Gasteiger charge is -2.47. The Kier molecular flexibility index (Phi) is 7.70. The molecule has 2 fully saturated rings. The molecule has 2 aliphatic heterocycles. The van der Waals surface area contributed by atoms with Crippen LogP contribution in [-0.2, 0) is 9.16 Å². The van der Waals surface area contributed by atoms with Crippen molar-refractivity contribution < 1.29 is 14.0 Å². The van der Waals surface area contributed by atoms with Gasteiger partial charge in [-0.1, -0.05) is 52.3 Å². The minimum absolute atomic E-state index is 0.0461. The van der Waals surface area contributed by atoms with Gasteiger partial charge in [-0.15, -0.1) is 0 Å². The van der Waals surface area contributed by atoms with Crippen LogP contribution < -0.4 is 0 Å². The van der Waals surface area contributed by atoms with Crippen molar-refractivity contribution in [2.24, 2.45) is 28.7 Å². The molecular weight excluding hydrogens is 452 g/mol. The van der Waals surface area contributed by atoms with Gasteiger partial charge in [-0.2, -0.15) is 0 Å². The third-order valence-corrected chi connectivity index (χ3v) is 13.4.